The lowest BCUT2D eigenvalue weighted by Gasteiger charge is -2.06. The second-order valence-corrected chi connectivity index (χ2v) is 5.71. The third kappa shape index (κ3) is 3.48. The maximum atomic E-state index is 12.0. The van der Waals surface area contributed by atoms with Gasteiger partial charge in [-0.1, -0.05) is 12.1 Å². The second kappa shape index (κ2) is 7.04. The van der Waals surface area contributed by atoms with Crippen LogP contribution in [-0.4, -0.2) is 27.8 Å². The van der Waals surface area contributed by atoms with E-state index < -0.39 is 0 Å². The van der Waals surface area contributed by atoms with Gasteiger partial charge >= 0.3 is 0 Å². The van der Waals surface area contributed by atoms with Gasteiger partial charge in [0.05, 0.1) is 11.1 Å². The highest BCUT2D eigenvalue weighted by Crippen LogP contribution is 2.20. The van der Waals surface area contributed by atoms with Crippen molar-refractivity contribution in [3.05, 3.63) is 53.7 Å². The Morgan fingerprint density at radius 1 is 1.21 bits per heavy atom. The summed E-state index contributed by atoms with van der Waals surface area (Å²) in [6, 6.07) is 12.2. The minimum atomic E-state index is -0.257. The molecule has 0 atom stereocenters. The average molecular weight is 324 g/mol. The molecular weight excluding hydrogens is 304 g/mol. The number of aromatic nitrogens is 2. The van der Waals surface area contributed by atoms with Crippen molar-refractivity contribution in [1.82, 2.24) is 15.5 Å². The van der Waals surface area contributed by atoms with Crippen molar-refractivity contribution >= 4 is 22.5 Å². The molecule has 3 rings (SSSR count). The lowest BCUT2D eigenvalue weighted by atomic mass is 10.1. The van der Waals surface area contributed by atoms with E-state index in [9.17, 15) is 9.90 Å². The number of nitrogens with two attached hydrogens (primary N) is 1. The normalized spacial score (nSPS) is 10.8. The summed E-state index contributed by atoms with van der Waals surface area (Å²) in [4.78, 5) is 12.0. The van der Waals surface area contributed by atoms with Crippen LogP contribution in [0.25, 0.3) is 10.9 Å². The van der Waals surface area contributed by atoms with Crippen molar-refractivity contribution in [3.63, 3.8) is 0 Å². The van der Waals surface area contributed by atoms with Gasteiger partial charge in [-0.2, -0.15) is 5.10 Å². The Kier molecular flexibility index (Phi) is 4.65. The number of carbonyl (C=O) groups excluding carboxylic acids is 1. The molecule has 6 heteroatoms. The number of nitrogens with zero attached hydrogens (tertiary/aromatic N) is 1. The van der Waals surface area contributed by atoms with Crippen molar-refractivity contribution in [2.45, 2.75) is 19.3 Å². The van der Waals surface area contributed by atoms with Gasteiger partial charge in [0.2, 0.25) is 0 Å². The summed E-state index contributed by atoms with van der Waals surface area (Å²) in [7, 11) is 0. The molecule has 0 aliphatic rings. The molecule has 1 aromatic heterocycles. The predicted molar refractivity (Wildman–Crippen MR) is 93.9 cm³/mol. The van der Waals surface area contributed by atoms with Crippen molar-refractivity contribution in [2.24, 2.45) is 0 Å². The SMILES string of the molecule is Nc1ccc2n[nH]c(CCCCNC(=O)c3ccccc3O)c2c1. The smallest absolute Gasteiger partial charge is 0.255 e. The number of rotatable bonds is 6. The van der Waals surface area contributed by atoms with Crippen LogP contribution in [0.1, 0.15) is 28.9 Å². The first-order valence-electron chi connectivity index (χ1n) is 7.94. The monoisotopic (exact) mass is 324 g/mol. The first-order chi connectivity index (χ1) is 11.6. The van der Waals surface area contributed by atoms with E-state index in [1.807, 2.05) is 18.2 Å². The van der Waals surface area contributed by atoms with Gasteiger partial charge in [-0.15, -0.1) is 0 Å². The molecule has 0 fully saturated rings. The van der Waals surface area contributed by atoms with Gasteiger partial charge in [0, 0.05) is 23.3 Å². The number of hydrogen-bond donors (Lipinski definition) is 4. The molecular formula is C18H20N4O2. The number of carbonyl (C=O) groups is 1. The van der Waals surface area contributed by atoms with Gasteiger partial charge in [0.15, 0.2) is 0 Å². The van der Waals surface area contributed by atoms with E-state index in [0.29, 0.717) is 12.1 Å². The lowest BCUT2D eigenvalue weighted by molar-refractivity contribution is 0.0950. The lowest BCUT2D eigenvalue weighted by Crippen LogP contribution is -2.24. The molecule has 6 nitrogen and oxygen atoms in total. The molecule has 0 saturated carbocycles. The fraction of sp³-hybridized carbons (Fsp3) is 0.222. The number of benzene rings is 2. The Morgan fingerprint density at radius 2 is 2.04 bits per heavy atom. The predicted octanol–water partition coefficient (Wildman–Crippen LogP) is 2.60. The molecule has 1 heterocycles. The van der Waals surface area contributed by atoms with Gasteiger partial charge in [0.25, 0.3) is 5.91 Å². The number of H-pyrrole nitrogens is 1. The Bertz CT molecular complexity index is 857. The molecule has 24 heavy (non-hydrogen) atoms. The summed E-state index contributed by atoms with van der Waals surface area (Å²) in [5.41, 5.74) is 8.81. The zero-order chi connectivity index (χ0) is 16.9. The van der Waals surface area contributed by atoms with Gasteiger partial charge in [0.1, 0.15) is 5.75 Å². The van der Waals surface area contributed by atoms with Crippen LogP contribution < -0.4 is 11.1 Å². The van der Waals surface area contributed by atoms with Crippen molar-refractivity contribution in [1.29, 1.82) is 0 Å². The summed E-state index contributed by atoms with van der Waals surface area (Å²) in [6.07, 6.45) is 2.59. The van der Waals surface area contributed by atoms with Crippen LogP contribution in [0.5, 0.6) is 5.75 Å². The Hall–Kier alpha value is -3.02. The molecule has 2 aromatic carbocycles. The van der Waals surface area contributed by atoms with Gasteiger partial charge in [-0.05, 0) is 49.6 Å². The molecule has 0 aliphatic carbocycles. The molecule has 0 bridgehead atoms. The van der Waals surface area contributed by atoms with Crippen LogP contribution in [0.2, 0.25) is 0 Å². The van der Waals surface area contributed by atoms with Gasteiger partial charge in [-0.25, -0.2) is 0 Å². The number of anilines is 1. The second-order valence-electron chi connectivity index (χ2n) is 5.71. The number of aromatic amines is 1. The molecule has 3 aromatic rings. The number of unbranched alkanes of at least 4 members (excludes halogenated alkanes) is 1. The molecule has 5 N–H and O–H groups in total. The number of nitrogen functional groups attached to an aromatic ring is 1. The summed E-state index contributed by atoms with van der Waals surface area (Å²) < 4.78 is 0. The number of nitrogens with one attached hydrogen (secondary N) is 2. The van der Waals surface area contributed by atoms with E-state index >= 15 is 0 Å². The van der Waals surface area contributed by atoms with Crippen molar-refractivity contribution in [2.75, 3.05) is 12.3 Å². The quantitative estimate of drug-likeness (QED) is 0.413. The highest BCUT2D eigenvalue weighted by Gasteiger charge is 2.09. The van der Waals surface area contributed by atoms with Crippen LogP contribution in [0.4, 0.5) is 5.69 Å². The summed E-state index contributed by atoms with van der Waals surface area (Å²) >= 11 is 0. The maximum Gasteiger partial charge on any atom is 0.255 e. The molecule has 0 unspecified atom stereocenters. The van der Waals surface area contributed by atoms with E-state index in [1.54, 1.807) is 18.2 Å². The number of aromatic hydroxyl groups is 1. The Labute approximate surface area is 139 Å². The maximum absolute atomic E-state index is 12.0. The molecule has 1 amide bonds. The number of amides is 1. The standard InChI is InChI=1S/C18H20N4O2/c19-12-8-9-16-14(11-12)15(21-22-16)6-3-4-10-20-18(24)13-5-1-2-7-17(13)23/h1-2,5,7-9,11,23H,3-4,6,10,19H2,(H,20,24)(H,21,22). The topological polar surface area (TPSA) is 104 Å². The molecule has 0 saturated heterocycles. The number of hydrogen-bond acceptors (Lipinski definition) is 4. The minimum Gasteiger partial charge on any atom is -0.507 e. The van der Waals surface area contributed by atoms with Crippen LogP contribution in [0.15, 0.2) is 42.5 Å². The van der Waals surface area contributed by atoms with Crippen molar-refractivity contribution in [3.8, 4) is 5.75 Å². The van der Waals surface area contributed by atoms with Crippen LogP contribution in [-0.2, 0) is 6.42 Å². The van der Waals surface area contributed by atoms with Gasteiger partial charge in [-0.3, -0.25) is 9.89 Å². The highest BCUT2D eigenvalue weighted by molar-refractivity contribution is 5.96. The minimum absolute atomic E-state index is 0.00322. The number of phenols is 1. The van der Waals surface area contributed by atoms with E-state index in [2.05, 4.69) is 15.5 Å². The zero-order valence-corrected chi connectivity index (χ0v) is 13.2. The first kappa shape index (κ1) is 15.9. The molecule has 0 radical (unpaired) electrons. The van der Waals surface area contributed by atoms with Gasteiger partial charge < -0.3 is 16.2 Å². The average Bonchev–Trinajstić information content (AvgIpc) is 2.97. The van der Waals surface area contributed by atoms with E-state index in [1.165, 1.54) is 6.07 Å². The fourth-order valence-corrected chi connectivity index (χ4v) is 2.66. The van der Waals surface area contributed by atoms with Crippen LogP contribution in [0.3, 0.4) is 0 Å². The largest absolute Gasteiger partial charge is 0.507 e. The number of para-hydroxylation sites is 1. The van der Waals surface area contributed by atoms with E-state index in [0.717, 1.165) is 41.5 Å². The Morgan fingerprint density at radius 3 is 2.88 bits per heavy atom. The zero-order valence-electron chi connectivity index (χ0n) is 13.2. The molecule has 0 aliphatic heterocycles. The Balaban J connectivity index is 1.48. The number of aryl methyl sites for hydroxylation is 1. The summed E-state index contributed by atoms with van der Waals surface area (Å²) in [5.74, 6) is -0.260. The number of fused-ring (bicyclic) bond motifs is 1. The number of phenolic OH excluding ortho intramolecular Hbond substituents is 1. The fourth-order valence-electron chi connectivity index (χ4n) is 2.66. The van der Waals surface area contributed by atoms with Crippen molar-refractivity contribution < 1.29 is 9.90 Å². The van der Waals surface area contributed by atoms with E-state index in [4.69, 9.17) is 5.73 Å². The van der Waals surface area contributed by atoms with E-state index in [-0.39, 0.29) is 11.7 Å². The summed E-state index contributed by atoms with van der Waals surface area (Å²) in [6.45, 7) is 0.557. The van der Waals surface area contributed by atoms with Crippen LogP contribution in [0, 0.1) is 0 Å². The highest BCUT2D eigenvalue weighted by atomic mass is 16.3. The molecule has 0 spiro atoms. The third-order valence-corrected chi connectivity index (χ3v) is 3.94. The molecule has 124 valence electrons. The third-order valence-electron chi connectivity index (χ3n) is 3.94. The first-order valence-corrected chi connectivity index (χ1v) is 7.94. The van der Waals surface area contributed by atoms with Crippen LogP contribution >= 0.6 is 0 Å². The summed E-state index contributed by atoms with van der Waals surface area (Å²) in [5, 5.41) is 20.8.